The maximum absolute atomic E-state index is 10.3. The lowest BCUT2D eigenvalue weighted by Crippen LogP contribution is -2.40. The number of ether oxygens (including phenoxy) is 1. The molecular formula is C15H25NO2. The average Bonchev–Trinajstić information content (AvgIpc) is 2.29. The van der Waals surface area contributed by atoms with Crippen LogP contribution in [0, 0.1) is 5.41 Å². The summed E-state index contributed by atoms with van der Waals surface area (Å²) in [4.78, 5) is 4.37. The SMILES string of the molecule is CCc1ccc(CC(O)C(OC)C(C)(C)C)nc1. The summed E-state index contributed by atoms with van der Waals surface area (Å²) < 4.78 is 5.42. The lowest BCUT2D eigenvalue weighted by Gasteiger charge is -2.33. The Hall–Kier alpha value is -0.930. The molecule has 0 amide bonds. The van der Waals surface area contributed by atoms with Crippen molar-refractivity contribution in [3.8, 4) is 0 Å². The van der Waals surface area contributed by atoms with E-state index in [2.05, 4.69) is 38.7 Å². The van der Waals surface area contributed by atoms with Crippen LogP contribution in [-0.4, -0.2) is 29.4 Å². The van der Waals surface area contributed by atoms with Crippen LogP contribution < -0.4 is 0 Å². The molecule has 18 heavy (non-hydrogen) atoms. The van der Waals surface area contributed by atoms with Gasteiger partial charge in [0.25, 0.3) is 0 Å². The van der Waals surface area contributed by atoms with E-state index in [1.165, 1.54) is 5.56 Å². The Morgan fingerprint density at radius 2 is 2.00 bits per heavy atom. The molecule has 3 nitrogen and oxygen atoms in total. The minimum Gasteiger partial charge on any atom is -0.390 e. The lowest BCUT2D eigenvalue weighted by molar-refractivity contribution is -0.0702. The van der Waals surface area contributed by atoms with Crippen LogP contribution in [0.2, 0.25) is 0 Å². The van der Waals surface area contributed by atoms with Gasteiger partial charge in [0.1, 0.15) is 0 Å². The fraction of sp³-hybridized carbons (Fsp3) is 0.667. The largest absolute Gasteiger partial charge is 0.390 e. The van der Waals surface area contributed by atoms with E-state index >= 15 is 0 Å². The zero-order chi connectivity index (χ0) is 13.8. The topological polar surface area (TPSA) is 42.4 Å². The van der Waals surface area contributed by atoms with Crippen LogP contribution in [0.25, 0.3) is 0 Å². The molecular weight excluding hydrogens is 226 g/mol. The summed E-state index contributed by atoms with van der Waals surface area (Å²) in [6.07, 6.45) is 2.67. The number of nitrogens with zero attached hydrogens (tertiary/aromatic N) is 1. The third-order valence-corrected chi connectivity index (χ3v) is 3.17. The number of hydrogen-bond donors (Lipinski definition) is 1. The molecule has 3 heteroatoms. The fourth-order valence-corrected chi connectivity index (χ4v) is 2.19. The van der Waals surface area contributed by atoms with Gasteiger partial charge in [-0.1, -0.05) is 33.8 Å². The van der Waals surface area contributed by atoms with Gasteiger partial charge in [-0.05, 0) is 23.5 Å². The Labute approximate surface area is 110 Å². The lowest BCUT2D eigenvalue weighted by atomic mass is 9.84. The van der Waals surface area contributed by atoms with Crippen molar-refractivity contribution in [2.75, 3.05) is 7.11 Å². The molecule has 2 atom stereocenters. The standard InChI is InChI=1S/C15H25NO2/c1-6-11-7-8-12(16-10-11)9-13(17)14(18-5)15(2,3)4/h7-8,10,13-14,17H,6,9H2,1-5H3. The third kappa shape index (κ3) is 4.07. The van der Waals surface area contributed by atoms with E-state index in [-0.39, 0.29) is 11.5 Å². The van der Waals surface area contributed by atoms with Crippen molar-refractivity contribution >= 4 is 0 Å². The van der Waals surface area contributed by atoms with Crippen LogP contribution in [0.4, 0.5) is 0 Å². The predicted molar refractivity (Wildman–Crippen MR) is 73.6 cm³/mol. The second-order valence-electron chi connectivity index (χ2n) is 5.81. The predicted octanol–water partition coefficient (Wildman–Crippen LogP) is 2.61. The first-order valence-corrected chi connectivity index (χ1v) is 6.53. The molecule has 0 bridgehead atoms. The summed E-state index contributed by atoms with van der Waals surface area (Å²) in [5.41, 5.74) is 2.04. The molecule has 0 saturated carbocycles. The number of aliphatic hydroxyl groups is 1. The van der Waals surface area contributed by atoms with Crippen LogP contribution in [0.3, 0.4) is 0 Å². The molecule has 0 aliphatic rings. The first-order valence-electron chi connectivity index (χ1n) is 6.53. The molecule has 1 heterocycles. The summed E-state index contributed by atoms with van der Waals surface area (Å²) in [5.74, 6) is 0. The van der Waals surface area contributed by atoms with Crippen LogP contribution in [0.15, 0.2) is 18.3 Å². The highest BCUT2D eigenvalue weighted by Gasteiger charge is 2.31. The highest BCUT2D eigenvalue weighted by molar-refractivity contribution is 5.14. The summed E-state index contributed by atoms with van der Waals surface area (Å²) in [6.45, 7) is 8.31. The maximum atomic E-state index is 10.3. The fourth-order valence-electron chi connectivity index (χ4n) is 2.19. The molecule has 1 aromatic heterocycles. The monoisotopic (exact) mass is 251 g/mol. The van der Waals surface area contributed by atoms with Gasteiger partial charge in [0, 0.05) is 25.4 Å². The van der Waals surface area contributed by atoms with Crippen molar-refractivity contribution in [2.45, 2.75) is 52.7 Å². The summed E-state index contributed by atoms with van der Waals surface area (Å²) >= 11 is 0. The Balaban J connectivity index is 2.70. The molecule has 102 valence electrons. The van der Waals surface area contributed by atoms with Gasteiger partial charge in [-0.3, -0.25) is 4.98 Å². The second-order valence-corrected chi connectivity index (χ2v) is 5.81. The van der Waals surface area contributed by atoms with Crippen LogP contribution in [0.1, 0.15) is 39.0 Å². The highest BCUT2D eigenvalue weighted by atomic mass is 16.5. The number of aryl methyl sites for hydroxylation is 1. The Morgan fingerprint density at radius 1 is 1.33 bits per heavy atom. The molecule has 1 aromatic rings. The number of hydrogen-bond acceptors (Lipinski definition) is 3. The van der Waals surface area contributed by atoms with E-state index in [1.54, 1.807) is 7.11 Å². The van der Waals surface area contributed by atoms with Crippen molar-refractivity contribution in [1.29, 1.82) is 0 Å². The molecule has 0 aromatic carbocycles. The first-order chi connectivity index (χ1) is 8.38. The smallest absolute Gasteiger partial charge is 0.0882 e. The van der Waals surface area contributed by atoms with Gasteiger partial charge in [0.05, 0.1) is 12.2 Å². The highest BCUT2D eigenvalue weighted by Crippen LogP contribution is 2.25. The Bertz CT molecular complexity index is 354. The molecule has 1 rings (SSSR count). The maximum Gasteiger partial charge on any atom is 0.0882 e. The van der Waals surface area contributed by atoms with E-state index in [0.29, 0.717) is 6.42 Å². The van der Waals surface area contributed by atoms with Crippen molar-refractivity contribution in [3.05, 3.63) is 29.6 Å². The molecule has 2 unspecified atom stereocenters. The van der Waals surface area contributed by atoms with Crippen LogP contribution in [-0.2, 0) is 17.6 Å². The average molecular weight is 251 g/mol. The normalized spacial score (nSPS) is 15.4. The van der Waals surface area contributed by atoms with Gasteiger partial charge in [0.15, 0.2) is 0 Å². The van der Waals surface area contributed by atoms with Crippen molar-refractivity contribution in [2.24, 2.45) is 5.41 Å². The van der Waals surface area contributed by atoms with Crippen molar-refractivity contribution < 1.29 is 9.84 Å². The zero-order valence-electron chi connectivity index (χ0n) is 12.1. The third-order valence-electron chi connectivity index (χ3n) is 3.17. The van der Waals surface area contributed by atoms with E-state index < -0.39 is 6.10 Å². The van der Waals surface area contributed by atoms with E-state index in [1.807, 2.05) is 12.3 Å². The Kier molecular flexibility index (Phi) is 5.29. The van der Waals surface area contributed by atoms with E-state index in [4.69, 9.17) is 4.74 Å². The van der Waals surface area contributed by atoms with Crippen LogP contribution >= 0.6 is 0 Å². The van der Waals surface area contributed by atoms with Gasteiger partial charge in [-0.2, -0.15) is 0 Å². The van der Waals surface area contributed by atoms with E-state index in [0.717, 1.165) is 12.1 Å². The number of rotatable bonds is 5. The van der Waals surface area contributed by atoms with Gasteiger partial charge < -0.3 is 9.84 Å². The number of aliphatic hydroxyl groups excluding tert-OH is 1. The Morgan fingerprint density at radius 3 is 2.39 bits per heavy atom. The molecule has 0 saturated heterocycles. The quantitative estimate of drug-likeness (QED) is 0.874. The summed E-state index contributed by atoms with van der Waals surface area (Å²) in [6, 6.07) is 4.05. The minimum absolute atomic E-state index is 0.0858. The van der Waals surface area contributed by atoms with Gasteiger partial charge in [0.2, 0.25) is 0 Å². The van der Waals surface area contributed by atoms with Gasteiger partial charge >= 0.3 is 0 Å². The minimum atomic E-state index is -0.532. The summed E-state index contributed by atoms with van der Waals surface area (Å²) in [7, 11) is 1.65. The van der Waals surface area contributed by atoms with Crippen LogP contribution in [0.5, 0.6) is 0 Å². The van der Waals surface area contributed by atoms with Gasteiger partial charge in [-0.15, -0.1) is 0 Å². The van der Waals surface area contributed by atoms with E-state index in [9.17, 15) is 5.11 Å². The number of pyridine rings is 1. The number of aromatic nitrogens is 1. The molecule has 0 radical (unpaired) electrons. The molecule has 0 aliphatic carbocycles. The molecule has 0 spiro atoms. The molecule has 0 aliphatic heterocycles. The zero-order valence-corrected chi connectivity index (χ0v) is 12.1. The second kappa shape index (κ2) is 6.30. The first kappa shape index (κ1) is 15.1. The van der Waals surface area contributed by atoms with Gasteiger partial charge in [-0.25, -0.2) is 0 Å². The molecule has 1 N–H and O–H groups in total. The molecule has 0 fully saturated rings. The van der Waals surface area contributed by atoms with Crippen molar-refractivity contribution in [1.82, 2.24) is 4.98 Å². The van der Waals surface area contributed by atoms with Crippen molar-refractivity contribution in [3.63, 3.8) is 0 Å². The number of methoxy groups -OCH3 is 1. The summed E-state index contributed by atoms with van der Waals surface area (Å²) in [5, 5.41) is 10.3.